The van der Waals surface area contributed by atoms with Gasteiger partial charge < -0.3 is 0 Å². The standard InChI is InChI=1S/C21H32/c1-16(2)19-13-20(17-9-5-3-6-10-17)15-21(14-19)18-11-7-4-8-12-18/h13-18H,3-12H2,1-2H3. The number of hydrogen-bond acceptors (Lipinski definition) is 0. The highest BCUT2D eigenvalue weighted by Gasteiger charge is 2.21. The summed E-state index contributed by atoms with van der Waals surface area (Å²) in [5.74, 6) is 2.36. The van der Waals surface area contributed by atoms with Gasteiger partial charge >= 0.3 is 0 Å². The van der Waals surface area contributed by atoms with Crippen LogP contribution in [0.25, 0.3) is 0 Å². The van der Waals surface area contributed by atoms with Crippen molar-refractivity contribution >= 4 is 0 Å². The third-order valence-electron chi connectivity index (χ3n) is 5.82. The van der Waals surface area contributed by atoms with Crippen LogP contribution in [0.4, 0.5) is 0 Å². The Morgan fingerprint density at radius 3 is 1.48 bits per heavy atom. The topological polar surface area (TPSA) is 0 Å². The number of benzene rings is 1. The average Bonchev–Trinajstić information content (AvgIpc) is 2.56. The molecule has 0 saturated heterocycles. The van der Waals surface area contributed by atoms with Gasteiger partial charge in [0.25, 0.3) is 0 Å². The molecule has 1 aromatic carbocycles. The Hall–Kier alpha value is -0.780. The molecule has 2 aliphatic carbocycles. The summed E-state index contributed by atoms with van der Waals surface area (Å²) in [6.07, 6.45) is 14.4. The Morgan fingerprint density at radius 1 is 0.667 bits per heavy atom. The Morgan fingerprint density at radius 2 is 1.10 bits per heavy atom. The fourth-order valence-electron chi connectivity index (χ4n) is 4.38. The van der Waals surface area contributed by atoms with Crippen molar-refractivity contribution < 1.29 is 0 Å². The summed E-state index contributed by atoms with van der Waals surface area (Å²) >= 11 is 0. The van der Waals surface area contributed by atoms with Gasteiger partial charge in [0.05, 0.1) is 0 Å². The summed E-state index contributed by atoms with van der Waals surface area (Å²) in [5.41, 5.74) is 4.92. The van der Waals surface area contributed by atoms with Crippen LogP contribution in [-0.4, -0.2) is 0 Å². The van der Waals surface area contributed by atoms with Crippen LogP contribution >= 0.6 is 0 Å². The van der Waals surface area contributed by atoms with Crippen LogP contribution < -0.4 is 0 Å². The van der Waals surface area contributed by atoms with Crippen LogP contribution in [0.3, 0.4) is 0 Å². The highest BCUT2D eigenvalue weighted by atomic mass is 14.3. The first kappa shape index (κ1) is 15.1. The van der Waals surface area contributed by atoms with Crippen molar-refractivity contribution in [2.24, 2.45) is 0 Å². The lowest BCUT2D eigenvalue weighted by molar-refractivity contribution is 0.435. The maximum atomic E-state index is 2.60. The normalized spacial score (nSPS) is 21.9. The minimum absolute atomic E-state index is 0.663. The Balaban J connectivity index is 1.89. The van der Waals surface area contributed by atoms with Gasteiger partial charge in [-0.25, -0.2) is 0 Å². The molecule has 2 saturated carbocycles. The zero-order valence-corrected chi connectivity index (χ0v) is 14.0. The zero-order chi connectivity index (χ0) is 14.7. The van der Waals surface area contributed by atoms with E-state index in [-0.39, 0.29) is 0 Å². The van der Waals surface area contributed by atoms with E-state index in [1.165, 1.54) is 64.2 Å². The summed E-state index contributed by atoms with van der Waals surface area (Å²) in [6, 6.07) is 7.66. The van der Waals surface area contributed by atoms with E-state index in [1.807, 2.05) is 0 Å². The first-order valence-electron chi connectivity index (χ1n) is 9.39. The number of hydrogen-bond donors (Lipinski definition) is 0. The van der Waals surface area contributed by atoms with E-state index in [1.54, 1.807) is 16.7 Å². The molecular formula is C21H32. The van der Waals surface area contributed by atoms with Crippen LogP contribution in [0.5, 0.6) is 0 Å². The van der Waals surface area contributed by atoms with Crippen molar-refractivity contribution in [2.75, 3.05) is 0 Å². The van der Waals surface area contributed by atoms with Gasteiger partial charge in [-0.3, -0.25) is 0 Å². The largest absolute Gasteiger partial charge is 0.0587 e. The molecule has 0 bridgehead atoms. The van der Waals surface area contributed by atoms with Gasteiger partial charge in [0.15, 0.2) is 0 Å². The first-order chi connectivity index (χ1) is 10.2. The second-order valence-electron chi connectivity index (χ2n) is 7.76. The first-order valence-corrected chi connectivity index (χ1v) is 9.39. The summed E-state index contributed by atoms with van der Waals surface area (Å²) in [4.78, 5) is 0. The molecule has 116 valence electrons. The molecular weight excluding hydrogens is 252 g/mol. The Kier molecular flexibility index (Phi) is 5.03. The summed E-state index contributed by atoms with van der Waals surface area (Å²) in [7, 11) is 0. The van der Waals surface area contributed by atoms with Gasteiger partial charge in [-0.1, -0.05) is 70.6 Å². The SMILES string of the molecule is CC(C)c1cc(C2CCCCC2)cc(C2CCCCC2)c1. The second-order valence-corrected chi connectivity index (χ2v) is 7.76. The summed E-state index contributed by atoms with van der Waals surface area (Å²) < 4.78 is 0. The van der Waals surface area contributed by atoms with E-state index < -0.39 is 0 Å². The monoisotopic (exact) mass is 284 g/mol. The van der Waals surface area contributed by atoms with Crippen LogP contribution in [-0.2, 0) is 0 Å². The molecule has 2 aliphatic rings. The summed E-state index contributed by atoms with van der Waals surface area (Å²) in [5, 5.41) is 0. The smallest absolute Gasteiger partial charge is 0.0162 e. The fraction of sp³-hybridized carbons (Fsp3) is 0.714. The van der Waals surface area contributed by atoms with Gasteiger partial charge in [-0.05, 0) is 60.1 Å². The van der Waals surface area contributed by atoms with Crippen LogP contribution in [0.2, 0.25) is 0 Å². The second kappa shape index (κ2) is 6.99. The fourth-order valence-corrected chi connectivity index (χ4v) is 4.38. The van der Waals surface area contributed by atoms with E-state index >= 15 is 0 Å². The van der Waals surface area contributed by atoms with Crippen LogP contribution in [0.1, 0.15) is 112 Å². The quantitative estimate of drug-likeness (QED) is 0.566. The van der Waals surface area contributed by atoms with Gasteiger partial charge in [0.2, 0.25) is 0 Å². The maximum Gasteiger partial charge on any atom is -0.0162 e. The van der Waals surface area contributed by atoms with Crippen molar-refractivity contribution in [1.82, 2.24) is 0 Å². The van der Waals surface area contributed by atoms with E-state index in [0.717, 1.165) is 11.8 Å². The van der Waals surface area contributed by atoms with Gasteiger partial charge in [0, 0.05) is 0 Å². The van der Waals surface area contributed by atoms with Crippen LogP contribution in [0, 0.1) is 0 Å². The van der Waals surface area contributed by atoms with Gasteiger partial charge in [0.1, 0.15) is 0 Å². The predicted molar refractivity (Wildman–Crippen MR) is 92.2 cm³/mol. The molecule has 1 aromatic rings. The molecule has 0 radical (unpaired) electrons. The number of rotatable bonds is 3. The van der Waals surface area contributed by atoms with Crippen LogP contribution in [0.15, 0.2) is 18.2 Å². The van der Waals surface area contributed by atoms with Gasteiger partial charge in [-0.15, -0.1) is 0 Å². The summed E-state index contributed by atoms with van der Waals surface area (Å²) in [6.45, 7) is 4.70. The molecule has 0 unspecified atom stereocenters. The molecule has 0 spiro atoms. The lowest BCUT2D eigenvalue weighted by atomic mass is 9.78. The highest BCUT2D eigenvalue weighted by Crippen LogP contribution is 2.38. The third kappa shape index (κ3) is 3.71. The Labute approximate surface area is 131 Å². The van der Waals surface area contributed by atoms with E-state index in [4.69, 9.17) is 0 Å². The highest BCUT2D eigenvalue weighted by molar-refractivity contribution is 5.36. The van der Waals surface area contributed by atoms with E-state index in [0.29, 0.717) is 5.92 Å². The molecule has 0 aliphatic heterocycles. The third-order valence-corrected chi connectivity index (χ3v) is 5.82. The molecule has 0 heterocycles. The van der Waals surface area contributed by atoms with E-state index in [9.17, 15) is 0 Å². The minimum atomic E-state index is 0.663. The maximum absolute atomic E-state index is 2.60. The lowest BCUT2D eigenvalue weighted by Gasteiger charge is -2.27. The molecule has 3 rings (SSSR count). The van der Waals surface area contributed by atoms with Crippen molar-refractivity contribution in [1.29, 1.82) is 0 Å². The zero-order valence-electron chi connectivity index (χ0n) is 14.0. The van der Waals surface area contributed by atoms with Crippen molar-refractivity contribution in [3.8, 4) is 0 Å². The van der Waals surface area contributed by atoms with Gasteiger partial charge in [-0.2, -0.15) is 0 Å². The molecule has 0 heteroatoms. The Bertz CT molecular complexity index is 409. The van der Waals surface area contributed by atoms with Crippen molar-refractivity contribution in [2.45, 2.75) is 95.8 Å². The molecule has 0 nitrogen and oxygen atoms in total. The minimum Gasteiger partial charge on any atom is -0.0587 e. The predicted octanol–water partition coefficient (Wildman–Crippen LogP) is 6.91. The molecule has 0 aromatic heterocycles. The van der Waals surface area contributed by atoms with Crippen molar-refractivity contribution in [3.63, 3.8) is 0 Å². The molecule has 0 amide bonds. The average molecular weight is 284 g/mol. The molecule has 2 fully saturated rings. The van der Waals surface area contributed by atoms with E-state index in [2.05, 4.69) is 32.0 Å². The molecule has 0 N–H and O–H groups in total. The molecule has 0 atom stereocenters. The lowest BCUT2D eigenvalue weighted by Crippen LogP contribution is -2.09. The molecule has 21 heavy (non-hydrogen) atoms. The van der Waals surface area contributed by atoms with Crippen molar-refractivity contribution in [3.05, 3.63) is 34.9 Å².